The second kappa shape index (κ2) is 9.53. The number of hydrogen-bond acceptors (Lipinski definition) is 4. The maximum Gasteiger partial charge on any atom is 0.416 e. The average Bonchev–Trinajstić information content (AvgIpc) is 2.54. The van der Waals surface area contributed by atoms with E-state index in [0.29, 0.717) is 0 Å². The minimum atomic E-state index is -4.45. The number of halogens is 3. The lowest BCUT2D eigenvalue weighted by atomic mass is 10.2. The molecule has 134 valence electrons. The zero-order valence-corrected chi connectivity index (χ0v) is 14.1. The summed E-state index contributed by atoms with van der Waals surface area (Å²) in [6, 6.07) is 3.84. The molecule has 1 atom stereocenters. The van der Waals surface area contributed by atoms with E-state index < -0.39 is 23.6 Å². The third-order valence-corrected chi connectivity index (χ3v) is 3.79. The van der Waals surface area contributed by atoms with Crippen LogP contribution in [0.25, 0.3) is 0 Å². The fraction of sp³-hybridized carbons (Fsp3) is 0.467. The maximum absolute atomic E-state index is 12.4. The molecule has 0 spiro atoms. The third kappa shape index (κ3) is 6.79. The Morgan fingerprint density at radius 2 is 1.83 bits per heavy atom. The number of amides is 2. The van der Waals surface area contributed by atoms with Crippen molar-refractivity contribution in [3.63, 3.8) is 0 Å². The van der Waals surface area contributed by atoms with Gasteiger partial charge in [-0.3, -0.25) is 9.59 Å². The van der Waals surface area contributed by atoms with Crippen molar-refractivity contribution in [1.82, 2.24) is 5.32 Å². The Morgan fingerprint density at radius 3 is 2.33 bits per heavy atom. The molecule has 9 heteroatoms. The molecule has 1 rings (SSSR count). The summed E-state index contributed by atoms with van der Waals surface area (Å²) in [5.74, 6) is -0.970. The van der Waals surface area contributed by atoms with E-state index in [1.807, 2.05) is 6.26 Å². The fourth-order valence-corrected chi connectivity index (χ4v) is 2.27. The van der Waals surface area contributed by atoms with Gasteiger partial charge >= 0.3 is 18.0 Å². The van der Waals surface area contributed by atoms with Crippen LogP contribution in [-0.4, -0.2) is 43.6 Å². The molecule has 0 saturated heterocycles. The molecule has 0 aliphatic heterocycles. The Bertz CT molecular complexity index is 550. The first kappa shape index (κ1) is 20.3. The van der Waals surface area contributed by atoms with Gasteiger partial charge in [-0.2, -0.15) is 24.9 Å². The minimum Gasteiger partial charge on any atom is -0.380 e. The quantitative estimate of drug-likeness (QED) is 0.730. The van der Waals surface area contributed by atoms with Crippen LogP contribution in [0.15, 0.2) is 24.3 Å². The highest BCUT2D eigenvalue weighted by Gasteiger charge is 2.30. The van der Waals surface area contributed by atoms with Gasteiger partial charge in [0.25, 0.3) is 0 Å². The predicted octanol–water partition coefficient (Wildman–Crippen LogP) is 2.53. The minimum absolute atomic E-state index is 0.105. The highest BCUT2D eigenvalue weighted by Crippen LogP contribution is 2.29. The van der Waals surface area contributed by atoms with E-state index in [-0.39, 0.29) is 18.3 Å². The van der Waals surface area contributed by atoms with E-state index >= 15 is 0 Å². The Kier molecular flexibility index (Phi) is 8.06. The van der Waals surface area contributed by atoms with E-state index in [0.717, 1.165) is 36.4 Å². The summed E-state index contributed by atoms with van der Waals surface area (Å²) in [5, 5.41) is 4.68. The van der Waals surface area contributed by atoms with Gasteiger partial charge in [0.05, 0.1) is 11.7 Å². The van der Waals surface area contributed by atoms with Crippen molar-refractivity contribution in [2.75, 3.05) is 31.0 Å². The molecule has 24 heavy (non-hydrogen) atoms. The molecule has 0 aliphatic carbocycles. The number of nitrogens with one attached hydrogen (secondary N) is 2. The van der Waals surface area contributed by atoms with Crippen LogP contribution in [0.4, 0.5) is 18.9 Å². The molecule has 1 aromatic rings. The Hall–Kier alpha value is -1.74. The van der Waals surface area contributed by atoms with Crippen molar-refractivity contribution >= 4 is 29.3 Å². The van der Waals surface area contributed by atoms with E-state index in [1.165, 1.54) is 7.11 Å². The van der Waals surface area contributed by atoms with Gasteiger partial charge in [-0.25, -0.2) is 0 Å². The first-order valence-electron chi connectivity index (χ1n) is 7.06. The van der Waals surface area contributed by atoms with Crippen LogP contribution < -0.4 is 10.6 Å². The van der Waals surface area contributed by atoms with Crippen LogP contribution in [0.3, 0.4) is 0 Å². The number of hydrogen-bond donors (Lipinski definition) is 2. The van der Waals surface area contributed by atoms with Crippen molar-refractivity contribution in [2.45, 2.75) is 18.7 Å². The number of rotatable bonds is 7. The molecule has 0 saturated carbocycles. The van der Waals surface area contributed by atoms with Gasteiger partial charge < -0.3 is 15.4 Å². The number of alkyl halides is 3. The topological polar surface area (TPSA) is 67.4 Å². The summed E-state index contributed by atoms with van der Waals surface area (Å²) in [6.45, 7) is 0.177. The number of benzene rings is 1. The normalized spacial score (nSPS) is 12.5. The predicted molar refractivity (Wildman–Crippen MR) is 86.9 cm³/mol. The lowest BCUT2D eigenvalue weighted by Gasteiger charge is -2.15. The summed E-state index contributed by atoms with van der Waals surface area (Å²) in [6.07, 6.45) is -1.99. The zero-order valence-electron chi connectivity index (χ0n) is 13.3. The molecule has 0 bridgehead atoms. The number of carbonyl (C=O) groups is 2. The van der Waals surface area contributed by atoms with Gasteiger partial charge in [0, 0.05) is 19.3 Å². The van der Waals surface area contributed by atoms with Gasteiger partial charge in [0.1, 0.15) is 0 Å². The fourth-order valence-electron chi connectivity index (χ4n) is 1.77. The van der Waals surface area contributed by atoms with Crippen LogP contribution >= 0.6 is 11.8 Å². The summed E-state index contributed by atoms with van der Waals surface area (Å²) >= 11 is 1.64. The highest BCUT2D eigenvalue weighted by molar-refractivity contribution is 7.98. The number of methoxy groups -OCH3 is 1. The SMILES string of the molecule is COC(CCSC)CNC(=O)C(=O)Nc1ccc(C(F)(F)F)cc1. The second-order valence-electron chi connectivity index (χ2n) is 4.88. The number of anilines is 1. The van der Waals surface area contributed by atoms with Gasteiger partial charge in [-0.05, 0) is 42.7 Å². The van der Waals surface area contributed by atoms with Crippen LogP contribution in [0.2, 0.25) is 0 Å². The molecule has 2 amide bonds. The van der Waals surface area contributed by atoms with Crippen molar-refractivity contribution in [2.24, 2.45) is 0 Å². The summed E-state index contributed by atoms with van der Waals surface area (Å²) in [7, 11) is 1.51. The zero-order chi connectivity index (χ0) is 18.2. The number of thioether (sulfide) groups is 1. The molecule has 0 radical (unpaired) electrons. The van der Waals surface area contributed by atoms with Crippen LogP contribution in [-0.2, 0) is 20.5 Å². The standard InChI is InChI=1S/C15H19F3N2O3S/c1-23-12(7-8-24-2)9-19-13(21)14(22)20-11-5-3-10(4-6-11)15(16,17)18/h3-6,12H,7-9H2,1-2H3,(H,19,21)(H,20,22). The number of carbonyl (C=O) groups excluding carboxylic acids is 2. The van der Waals surface area contributed by atoms with Crippen LogP contribution in [0, 0.1) is 0 Å². The molecule has 1 aromatic carbocycles. The van der Waals surface area contributed by atoms with Gasteiger partial charge in [-0.1, -0.05) is 0 Å². The molecule has 2 N–H and O–H groups in total. The lowest BCUT2D eigenvalue weighted by molar-refractivity contribution is -0.137. The second-order valence-corrected chi connectivity index (χ2v) is 5.86. The van der Waals surface area contributed by atoms with Crippen LogP contribution in [0.5, 0.6) is 0 Å². The molecule has 0 aromatic heterocycles. The summed E-state index contributed by atoms with van der Waals surface area (Å²) in [5.41, 5.74) is -0.726. The molecule has 1 unspecified atom stereocenters. The maximum atomic E-state index is 12.4. The first-order chi connectivity index (χ1) is 11.3. The van der Waals surface area contributed by atoms with E-state index in [1.54, 1.807) is 11.8 Å². The van der Waals surface area contributed by atoms with E-state index in [9.17, 15) is 22.8 Å². The van der Waals surface area contributed by atoms with E-state index in [2.05, 4.69) is 10.6 Å². The first-order valence-corrected chi connectivity index (χ1v) is 8.45. The van der Waals surface area contributed by atoms with Crippen molar-refractivity contribution in [3.05, 3.63) is 29.8 Å². The largest absolute Gasteiger partial charge is 0.416 e. The lowest BCUT2D eigenvalue weighted by Crippen LogP contribution is -2.40. The Morgan fingerprint density at radius 1 is 1.21 bits per heavy atom. The molecule has 0 aliphatic rings. The van der Waals surface area contributed by atoms with Crippen molar-refractivity contribution in [1.29, 1.82) is 0 Å². The molecule has 5 nitrogen and oxygen atoms in total. The Balaban J connectivity index is 2.50. The van der Waals surface area contributed by atoms with Crippen LogP contribution in [0.1, 0.15) is 12.0 Å². The van der Waals surface area contributed by atoms with E-state index in [4.69, 9.17) is 4.74 Å². The van der Waals surface area contributed by atoms with Crippen molar-refractivity contribution < 1.29 is 27.5 Å². The molecule has 0 fully saturated rings. The molecular weight excluding hydrogens is 345 g/mol. The van der Waals surface area contributed by atoms with Gasteiger partial charge in [0.15, 0.2) is 0 Å². The summed E-state index contributed by atoms with van der Waals surface area (Å²) < 4.78 is 42.5. The molecular formula is C15H19F3N2O3S. The van der Waals surface area contributed by atoms with Crippen molar-refractivity contribution in [3.8, 4) is 0 Å². The Labute approximate surface area is 142 Å². The summed E-state index contributed by atoms with van der Waals surface area (Å²) in [4.78, 5) is 23.4. The highest BCUT2D eigenvalue weighted by atomic mass is 32.2. The van der Waals surface area contributed by atoms with Gasteiger partial charge in [0.2, 0.25) is 0 Å². The van der Waals surface area contributed by atoms with Gasteiger partial charge in [-0.15, -0.1) is 0 Å². The molecule has 0 heterocycles. The smallest absolute Gasteiger partial charge is 0.380 e. The number of ether oxygens (including phenoxy) is 1. The average molecular weight is 364 g/mol. The monoisotopic (exact) mass is 364 g/mol. The third-order valence-electron chi connectivity index (χ3n) is 3.14.